The number of nitrogens with zero attached hydrogens (tertiary/aromatic N) is 2. The van der Waals surface area contributed by atoms with E-state index < -0.39 is 0 Å². The summed E-state index contributed by atoms with van der Waals surface area (Å²) < 4.78 is 11.5. The molecule has 0 bridgehead atoms. The van der Waals surface area contributed by atoms with Crippen LogP contribution in [-0.4, -0.2) is 42.7 Å². The summed E-state index contributed by atoms with van der Waals surface area (Å²) in [4.78, 5) is 6.65. The Morgan fingerprint density at radius 2 is 1.81 bits per heavy atom. The van der Waals surface area contributed by atoms with Crippen molar-refractivity contribution in [3.05, 3.63) is 60.3 Å². The van der Waals surface area contributed by atoms with Crippen LogP contribution in [0.1, 0.15) is 11.7 Å². The third-order valence-corrected chi connectivity index (χ3v) is 3.60. The zero-order valence-corrected chi connectivity index (χ0v) is 12.0. The Balaban J connectivity index is 1.74. The van der Waals surface area contributed by atoms with Crippen LogP contribution in [0.5, 0.6) is 5.88 Å². The van der Waals surface area contributed by atoms with Crippen molar-refractivity contribution in [2.75, 3.05) is 32.8 Å². The van der Waals surface area contributed by atoms with Gasteiger partial charge in [0.1, 0.15) is 6.10 Å². The van der Waals surface area contributed by atoms with E-state index in [1.54, 1.807) is 6.20 Å². The van der Waals surface area contributed by atoms with Crippen molar-refractivity contribution in [2.45, 2.75) is 6.10 Å². The van der Waals surface area contributed by atoms with Crippen LogP contribution in [0.25, 0.3) is 0 Å². The molecule has 1 aromatic carbocycles. The lowest BCUT2D eigenvalue weighted by atomic mass is 10.1. The van der Waals surface area contributed by atoms with Crippen LogP contribution < -0.4 is 4.74 Å². The number of aromatic nitrogens is 1. The van der Waals surface area contributed by atoms with E-state index in [1.165, 1.54) is 5.56 Å². The van der Waals surface area contributed by atoms with Crippen LogP contribution >= 0.6 is 0 Å². The first-order valence-corrected chi connectivity index (χ1v) is 7.34. The zero-order valence-electron chi connectivity index (χ0n) is 12.0. The fourth-order valence-electron chi connectivity index (χ4n) is 2.46. The van der Waals surface area contributed by atoms with Gasteiger partial charge in [0.15, 0.2) is 0 Å². The van der Waals surface area contributed by atoms with Crippen LogP contribution in [0.2, 0.25) is 0 Å². The molecule has 4 nitrogen and oxygen atoms in total. The van der Waals surface area contributed by atoms with Gasteiger partial charge in [-0.25, -0.2) is 4.98 Å². The summed E-state index contributed by atoms with van der Waals surface area (Å²) in [5.74, 6) is 0.666. The molecule has 1 aromatic heterocycles. The minimum atomic E-state index is -0.0146. The second-order valence-electron chi connectivity index (χ2n) is 5.10. The van der Waals surface area contributed by atoms with Gasteiger partial charge >= 0.3 is 0 Å². The third kappa shape index (κ3) is 4.03. The van der Waals surface area contributed by atoms with E-state index in [0.29, 0.717) is 5.88 Å². The van der Waals surface area contributed by atoms with E-state index in [4.69, 9.17) is 9.47 Å². The minimum Gasteiger partial charge on any atom is -0.468 e. The van der Waals surface area contributed by atoms with Crippen LogP contribution in [0.3, 0.4) is 0 Å². The molecule has 1 aliphatic rings. The smallest absolute Gasteiger partial charge is 0.213 e. The Kier molecular flexibility index (Phi) is 4.82. The lowest BCUT2D eigenvalue weighted by Crippen LogP contribution is -2.39. The topological polar surface area (TPSA) is 34.6 Å². The summed E-state index contributed by atoms with van der Waals surface area (Å²) >= 11 is 0. The summed E-state index contributed by atoms with van der Waals surface area (Å²) in [5.41, 5.74) is 1.18. The fraction of sp³-hybridized carbons (Fsp3) is 0.353. The van der Waals surface area contributed by atoms with E-state index in [0.717, 1.165) is 32.8 Å². The van der Waals surface area contributed by atoms with E-state index >= 15 is 0 Å². The van der Waals surface area contributed by atoms with E-state index in [1.807, 2.05) is 36.4 Å². The number of hydrogen-bond acceptors (Lipinski definition) is 4. The van der Waals surface area contributed by atoms with Gasteiger partial charge in [-0.3, -0.25) is 4.90 Å². The Labute approximate surface area is 125 Å². The molecule has 1 fully saturated rings. The molecule has 0 saturated carbocycles. The molecule has 21 heavy (non-hydrogen) atoms. The van der Waals surface area contributed by atoms with Crippen molar-refractivity contribution >= 4 is 0 Å². The summed E-state index contributed by atoms with van der Waals surface area (Å²) in [7, 11) is 0. The molecule has 0 aliphatic carbocycles. The predicted molar refractivity (Wildman–Crippen MR) is 81.3 cm³/mol. The number of ether oxygens (including phenoxy) is 2. The quantitative estimate of drug-likeness (QED) is 0.845. The van der Waals surface area contributed by atoms with Gasteiger partial charge in [0, 0.05) is 31.9 Å². The van der Waals surface area contributed by atoms with Gasteiger partial charge in [0.25, 0.3) is 0 Å². The first-order chi connectivity index (χ1) is 10.4. The van der Waals surface area contributed by atoms with Gasteiger partial charge in [-0.1, -0.05) is 36.4 Å². The first-order valence-electron chi connectivity index (χ1n) is 7.34. The second kappa shape index (κ2) is 7.20. The standard InChI is InChI=1S/C17H20N2O2/c1-2-6-15(7-3-1)16(14-19-10-12-20-13-11-19)21-17-8-4-5-9-18-17/h1-9,16H,10-14H2. The highest BCUT2D eigenvalue weighted by molar-refractivity contribution is 5.20. The Hall–Kier alpha value is -1.91. The maximum Gasteiger partial charge on any atom is 0.213 e. The average Bonchev–Trinajstić information content (AvgIpc) is 2.57. The highest BCUT2D eigenvalue weighted by atomic mass is 16.5. The largest absolute Gasteiger partial charge is 0.468 e. The van der Waals surface area contributed by atoms with Gasteiger partial charge < -0.3 is 9.47 Å². The van der Waals surface area contributed by atoms with Crippen molar-refractivity contribution in [1.29, 1.82) is 0 Å². The molecular formula is C17H20N2O2. The molecule has 0 N–H and O–H groups in total. The summed E-state index contributed by atoms with van der Waals surface area (Å²) in [6.07, 6.45) is 1.74. The molecule has 0 spiro atoms. The number of morpholine rings is 1. The van der Waals surface area contributed by atoms with Crippen LogP contribution in [0.4, 0.5) is 0 Å². The molecule has 2 aromatic rings. The SMILES string of the molecule is c1ccc(C(CN2CCOCC2)Oc2ccccn2)cc1. The lowest BCUT2D eigenvalue weighted by molar-refractivity contribution is 0.0182. The molecule has 1 aliphatic heterocycles. The van der Waals surface area contributed by atoms with Crippen molar-refractivity contribution in [3.8, 4) is 5.88 Å². The summed E-state index contributed by atoms with van der Waals surface area (Å²) in [5, 5.41) is 0. The molecule has 0 amide bonds. The molecular weight excluding hydrogens is 264 g/mol. The number of rotatable bonds is 5. The van der Waals surface area contributed by atoms with Crippen molar-refractivity contribution in [3.63, 3.8) is 0 Å². The molecule has 1 atom stereocenters. The highest BCUT2D eigenvalue weighted by Crippen LogP contribution is 2.21. The van der Waals surface area contributed by atoms with Gasteiger partial charge in [0.05, 0.1) is 13.2 Å². The molecule has 1 saturated heterocycles. The van der Waals surface area contributed by atoms with Gasteiger partial charge in [-0.05, 0) is 11.6 Å². The van der Waals surface area contributed by atoms with E-state index in [-0.39, 0.29) is 6.10 Å². The maximum absolute atomic E-state index is 6.11. The average molecular weight is 284 g/mol. The zero-order chi connectivity index (χ0) is 14.3. The molecule has 2 heterocycles. The number of pyridine rings is 1. The van der Waals surface area contributed by atoms with Crippen molar-refractivity contribution in [2.24, 2.45) is 0 Å². The molecule has 4 heteroatoms. The van der Waals surface area contributed by atoms with E-state index in [9.17, 15) is 0 Å². The highest BCUT2D eigenvalue weighted by Gasteiger charge is 2.20. The fourth-order valence-corrected chi connectivity index (χ4v) is 2.46. The summed E-state index contributed by atoms with van der Waals surface area (Å²) in [6, 6.07) is 16.1. The summed E-state index contributed by atoms with van der Waals surface area (Å²) in [6.45, 7) is 4.35. The van der Waals surface area contributed by atoms with Crippen molar-refractivity contribution < 1.29 is 9.47 Å². The molecule has 3 rings (SSSR count). The molecule has 1 unspecified atom stereocenters. The van der Waals surface area contributed by atoms with Crippen LogP contribution in [-0.2, 0) is 4.74 Å². The van der Waals surface area contributed by atoms with Crippen LogP contribution in [0.15, 0.2) is 54.7 Å². The Bertz CT molecular complexity index is 527. The normalized spacial score (nSPS) is 17.3. The molecule has 0 radical (unpaired) electrons. The Morgan fingerprint density at radius 1 is 1.05 bits per heavy atom. The third-order valence-electron chi connectivity index (χ3n) is 3.60. The van der Waals surface area contributed by atoms with Gasteiger partial charge in [-0.15, -0.1) is 0 Å². The lowest BCUT2D eigenvalue weighted by Gasteiger charge is -2.30. The van der Waals surface area contributed by atoms with Crippen molar-refractivity contribution in [1.82, 2.24) is 9.88 Å². The number of hydrogen-bond donors (Lipinski definition) is 0. The van der Waals surface area contributed by atoms with Gasteiger partial charge in [0.2, 0.25) is 5.88 Å². The van der Waals surface area contributed by atoms with E-state index in [2.05, 4.69) is 22.0 Å². The van der Waals surface area contributed by atoms with Crippen LogP contribution in [0, 0.1) is 0 Å². The minimum absolute atomic E-state index is 0.0146. The second-order valence-corrected chi connectivity index (χ2v) is 5.10. The first kappa shape index (κ1) is 14.0. The molecule has 110 valence electrons. The monoisotopic (exact) mass is 284 g/mol. The Morgan fingerprint density at radius 3 is 2.52 bits per heavy atom. The predicted octanol–water partition coefficient (Wildman–Crippen LogP) is 2.53. The van der Waals surface area contributed by atoms with Gasteiger partial charge in [-0.2, -0.15) is 0 Å². The number of benzene rings is 1. The maximum atomic E-state index is 6.11.